The van der Waals surface area contributed by atoms with Crippen molar-refractivity contribution in [3.05, 3.63) is 46.3 Å². The molecule has 2 heteroatoms. The van der Waals surface area contributed by atoms with E-state index < -0.39 is 0 Å². The molecule has 4 aliphatic carbocycles. The topological polar surface area (TPSA) is 30.2 Å². The van der Waals surface area contributed by atoms with Crippen molar-refractivity contribution in [1.82, 2.24) is 0 Å². The van der Waals surface area contributed by atoms with Crippen LogP contribution in [0.2, 0.25) is 0 Å². The van der Waals surface area contributed by atoms with E-state index in [9.17, 15) is 4.79 Å². The first-order valence-electron chi connectivity index (χ1n) is 8.30. The van der Waals surface area contributed by atoms with Crippen LogP contribution < -0.4 is 5.43 Å². The van der Waals surface area contributed by atoms with E-state index in [1.54, 1.807) is 6.07 Å². The first kappa shape index (κ1) is 12.0. The number of hydrogen-bond donors (Lipinski definition) is 0. The van der Waals surface area contributed by atoms with Crippen LogP contribution in [0.4, 0.5) is 0 Å². The quantitative estimate of drug-likeness (QED) is 0.778. The van der Waals surface area contributed by atoms with Gasteiger partial charge in [0, 0.05) is 12.0 Å². The van der Waals surface area contributed by atoms with Gasteiger partial charge in [0.15, 0.2) is 5.43 Å². The van der Waals surface area contributed by atoms with E-state index in [1.165, 1.54) is 32.1 Å². The first-order chi connectivity index (χ1) is 10.3. The summed E-state index contributed by atoms with van der Waals surface area (Å²) in [6, 6.07) is 9.43. The Balaban J connectivity index is 1.63. The molecule has 2 aromatic rings. The number of benzene rings is 1. The van der Waals surface area contributed by atoms with Crippen LogP contribution in [0, 0.1) is 23.7 Å². The normalized spacial score (nSPS) is 37.2. The molecule has 0 amide bonds. The van der Waals surface area contributed by atoms with Crippen LogP contribution in [0.1, 0.15) is 43.8 Å². The van der Waals surface area contributed by atoms with Gasteiger partial charge in [-0.05, 0) is 67.9 Å². The third kappa shape index (κ3) is 1.74. The second-order valence-corrected chi connectivity index (χ2v) is 7.47. The molecule has 1 aromatic carbocycles. The van der Waals surface area contributed by atoms with Gasteiger partial charge < -0.3 is 4.42 Å². The molecular weight excluding hydrogens is 260 g/mol. The van der Waals surface area contributed by atoms with E-state index in [-0.39, 0.29) is 5.43 Å². The van der Waals surface area contributed by atoms with Gasteiger partial charge in [-0.3, -0.25) is 4.79 Å². The smallest absolute Gasteiger partial charge is 0.192 e. The highest BCUT2D eigenvalue weighted by atomic mass is 16.3. The molecule has 0 spiro atoms. The summed E-state index contributed by atoms with van der Waals surface area (Å²) in [7, 11) is 0. The highest BCUT2D eigenvalue weighted by Crippen LogP contribution is 2.59. The molecule has 21 heavy (non-hydrogen) atoms. The van der Waals surface area contributed by atoms with Crippen LogP contribution in [-0.4, -0.2) is 0 Å². The predicted molar refractivity (Wildman–Crippen MR) is 82.3 cm³/mol. The summed E-state index contributed by atoms with van der Waals surface area (Å²) in [6.45, 7) is 0. The molecule has 1 aromatic heterocycles. The van der Waals surface area contributed by atoms with Crippen molar-refractivity contribution in [1.29, 1.82) is 0 Å². The van der Waals surface area contributed by atoms with Gasteiger partial charge in [-0.1, -0.05) is 12.1 Å². The Kier molecular flexibility index (Phi) is 2.42. The van der Waals surface area contributed by atoms with E-state index >= 15 is 0 Å². The highest BCUT2D eigenvalue weighted by Gasteiger charge is 2.49. The lowest BCUT2D eigenvalue weighted by atomic mass is 9.51. The van der Waals surface area contributed by atoms with Crippen LogP contribution in [0.5, 0.6) is 0 Å². The first-order valence-corrected chi connectivity index (χ1v) is 8.30. The van der Waals surface area contributed by atoms with Gasteiger partial charge in [0.1, 0.15) is 11.3 Å². The summed E-state index contributed by atoms with van der Waals surface area (Å²) in [4.78, 5) is 12.4. The Hall–Kier alpha value is -1.57. The molecular formula is C19H20O2. The van der Waals surface area contributed by atoms with Crippen molar-refractivity contribution in [2.24, 2.45) is 23.7 Å². The van der Waals surface area contributed by atoms with Crippen LogP contribution in [0.25, 0.3) is 11.0 Å². The van der Waals surface area contributed by atoms with E-state index in [0.29, 0.717) is 11.3 Å². The van der Waals surface area contributed by atoms with E-state index in [4.69, 9.17) is 4.42 Å². The minimum absolute atomic E-state index is 0.126. The molecule has 2 nitrogen and oxygen atoms in total. The maximum atomic E-state index is 12.4. The second-order valence-electron chi connectivity index (χ2n) is 7.47. The zero-order chi connectivity index (χ0) is 14.0. The van der Waals surface area contributed by atoms with Gasteiger partial charge >= 0.3 is 0 Å². The number of para-hydroxylation sites is 1. The van der Waals surface area contributed by atoms with E-state index in [2.05, 4.69) is 0 Å². The minimum Gasteiger partial charge on any atom is -0.460 e. The molecule has 4 aliphatic rings. The lowest BCUT2D eigenvalue weighted by Gasteiger charge is -2.53. The van der Waals surface area contributed by atoms with Gasteiger partial charge in [-0.25, -0.2) is 0 Å². The fourth-order valence-corrected chi connectivity index (χ4v) is 5.68. The Labute approximate surface area is 124 Å². The predicted octanol–water partition coefficient (Wildman–Crippen LogP) is 4.33. The van der Waals surface area contributed by atoms with Crippen LogP contribution in [-0.2, 0) is 0 Å². The van der Waals surface area contributed by atoms with Crippen molar-refractivity contribution in [2.75, 3.05) is 0 Å². The molecule has 4 bridgehead atoms. The van der Waals surface area contributed by atoms with Gasteiger partial charge in [-0.2, -0.15) is 0 Å². The van der Waals surface area contributed by atoms with E-state index in [0.717, 1.165) is 35.0 Å². The molecule has 1 heterocycles. The van der Waals surface area contributed by atoms with Crippen molar-refractivity contribution in [2.45, 2.75) is 38.0 Å². The summed E-state index contributed by atoms with van der Waals surface area (Å²) < 4.78 is 6.17. The lowest BCUT2D eigenvalue weighted by molar-refractivity contribution is -0.00952. The fourth-order valence-electron chi connectivity index (χ4n) is 5.68. The average Bonchev–Trinajstić information content (AvgIpc) is 2.46. The molecule has 0 aliphatic heterocycles. The zero-order valence-electron chi connectivity index (χ0n) is 12.1. The van der Waals surface area contributed by atoms with Crippen LogP contribution >= 0.6 is 0 Å². The van der Waals surface area contributed by atoms with E-state index in [1.807, 2.05) is 24.3 Å². The Bertz CT molecular complexity index is 729. The zero-order valence-corrected chi connectivity index (χ0v) is 12.1. The Morgan fingerprint density at radius 1 is 0.905 bits per heavy atom. The largest absolute Gasteiger partial charge is 0.460 e. The van der Waals surface area contributed by atoms with Crippen molar-refractivity contribution < 1.29 is 4.42 Å². The molecule has 0 atom stereocenters. The maximum absolute atomic E-state index is 12.4. The molecule has 4 saturated carbocycles. The minimum atomic E-state index is 0.126. The van der Waals surface area contributed by atoms with Crippen molar-refractivity contribution in [3.63, 3.8) is 0 Å². The van der Waals surface area contributed by atoms with Gasteiger partial charge in [0.25, 0.3) is 0 Å². The second kappa shape index (κ2) is 4.22. The molecule has 6 rings (SSSR count). The number of hydrogen-bond acceptors (Lipinski definition) is 2. The van der Waals surface area contributed by atoms with Gasteiger partial charge in [0.2, 0.25) is 0 Å². The number of fused-ring (bicyclic) bond motifs is 1. The van der Waals surface area contributed by atoms with Crippen LogP contribution in [0.3, 0.4) is 0 Å². The standard InChI is InChI=1S/C19H20O2/c20-16-10-18(21-17-4-2-1-3-15(16)17)19-13-6-11-5-12(8-13)9-14(19)7-11/h1-4,10-14,19H,5-9H2. The third-order valence-electron chi connectivity index (χ3n) is 6.21. The van der Waals surface area contributed by atoms with Crippen LogP contribution in [0.15, 0.2) is 39.5 Å². The summed E-state index contributed by atoms with van der Waals surface area (Å²) >= 11 is 0. The summed E-state index contributed by atoms with van der Waals surface area (Å²) in [5.41, 5.74) is 0.884. The summed E-state index contributed by atoms with van der Waals surface area (Å²) in [5.74, 6) is 4.88. The molecule has 108 valence electrons. The molecule has 4 fully saturated rings. The SMILES string of the molecule is O=c1cc(C2C3CC4CC(C3)CC2C4)oc2ccccc12. The molecule has 0 saturated heterocycles. The Morgan fingerprint density at radius 2 is 1.57 bits per heavy atom. The maximum Gasteiger partial charge on any atom is 0.192 e. The Morgan fingerprint density at radius 3 is 2.29 bits per heavy atom. The van der Waals surface area contributed by atoms with Gasteiger partial charge in [0.05, 0.1) is 5.39 Å². The van der Waals surface area contributed by atoms with Crippen molar-refractivity contribution in [3.8, 4) is 0 Å². The lowest BCUT2D eigenvalue weighted by Crippen LogP contribution is -2.43. The molecule has 0 radical (unpaired) electrons. The fraction of sp³-hybridized carbons (Fsp3) is 0.526. The summed E-state index contributed by atoms with van der Waals surface area (Å²) in [5, 5.41) is 0.713. The summed E-state index contributed by atoms with van der Waals surface area (Å²) in [6.07, 6.45) is 6.88. The molecule has 0 unspecified atom stereocenters. The number of rotatable bonds is 1. The molecule has 0 N–H and O–H groups in total. The third-order valence-corrected chi connectivity index (χ3v) is 6.21. The van der Waals surface area contributed by atoms with Gasteiger partial charge in [-0.15, -0.1) is 0 Å². The van der Waals surface area contributed by atoms with Crippen molar-refractivity contribution >= 4 is 11.0 Å². The average molecular weight is 280 g/mol. The highest BCUT2D eigenvalue weighted by molar-refractivity contribution is 5.76. The monoisotopic (exact) mass is 280 g/mol.